The summed E-state index contributed by atoms with van der Waals surface area (Å²) in [5.41, 5.74) is 1.72. The summed E-state index contributed by atoms with van der Waals surface area (Å²) in [4.78, 5) is 24.1. The zero-order chi connectivity index (χ0) is 30.8. The van der Waals surface area contributed by atoms with E-state index in [9.17, 15) is 18.0 Å². The van der Waals surface area contributed by atoms with Gasteiger partial charge in [-0.25, -0.2) is 0 Å². The summed E-state index contributed by atoms with van der Waals surface area (Å²) in [7, 11) is 2.06. The number of aliphatic imine (C=N–C) groups is 1. The van der Waals surface area contributed by atoms with E-state index in [-0.39, 0.29) is 16.8 Å². The quantitative estimate of drug-likeness (QED) is 0.129. The summed E-state index contributed by atoms with van der Waals surface area (Å²) >= 11 is 0. The van der Waals surface area contributed by atoms with Gasteiger partial charge in [-0.1, -0.05) is 37.5 Å². The highest BCUT2D eigenvalue weighted by Gasteiger charge is 2.33. The van der Waals surface area contributed by atoms with E-state index < -0.39 is 17.6 Å². The Bertz CT molecular complexity index is 1550. The molecule has 2 aromatic rings. The highest BCUT2D eigenvalue weighted by Crippen LogP contribution is 2.35. The van der Waals surface area contributed by atoms with Crippen molar-refractivity contribution in [2.24, 2.45) is 4.99 Å². The van der Waals surface area contributed by atoms with E-state index in [2.05, 4.69) is 46.0 Å². The lowest BCUT2D eigenvalue weighted by molar-refractivity contribution is -0.390. The number of pyridine rings is 1. The van der Waals surface area contributed by atoms with Crippen molar-refractivity contribution in [2.75, 3.05) is 25.5 Å². The van der Waals surface area contributed by atoms with E-state index in [1.165, 1.54) is 18.3 Å². The summed E-state index contributed by atoms with van der Waals surface area (Å²) in [6.45, 7) is 5.98. The molecule has 1 aromatic carbocycles. The van der Waals surface area contributed by atoms with Crippen LogP contribution in [0.5, 0.6) is 0 Å². The smallest absolute Gasteiger partial charge is 0.322 e. The monoisotopic (exact) mass is 588 g/mol. The number of fused-ring (bicyclic) bond motifs is 1. The van der Waals surface area contributed by atoms with E-state index in [1.807, 2.05) is 42.0 Å². The third kappa shape index (κ3) is 8.62. The molecule has 0 spiro atoms. The number of halogens is 3. The molecule has 0 aliphatic carbocycles. The second kappa shape index (κ2) is 14.7. The number of unbranched alkanes of at least 4 members (excludes halogenated alkanes) is 2. The molecule has 0 saturated carbocycles. The number of amides is 1. The first-order chi connectivity index (χ1) is 20.7. The van der Waals surface area contributed by atoms with Gasteiger partial charge in [-0.3, -0.25) is 9.78 Å². The van der Waals surface area contributed by atoms with Crippen LogP contribution in [-0.4, -0.2) is 52.4 Å². The first-order valence-corrected chi connectivity index (χ1v) is 14.6. The molecular formula is C34H37F3N5O+. The number of allylic oxidation sites excluding steroid dienone is 4. The summed E-state index contributed by atoms with van der Waals surface area (Å²) in [6, 6.07) is 5.62. The predicted molar refractivity (Wildman–Crippen MR) is 165 cm³/mol. The molecule has 3 heterocycles. The molecule has 0 radical (unpaired) electrons. The molecule has 43 heavy (non-hydrogen) atoms. The number of benzene rings is 1. The number of nitrogens with one attached hydrogen (secondary N) is 1. The van der Waals surface area contributed by atoms with E-state index in [0.29, 0.717) is 36.2 Å². The normalized spacial score (nSPS) is 14.0. The Morgan fingerprint density at radius 2 is 1.98 bits per heavy atom. The fourth-order valence-electron chi connectivity index (χ4n) is 4.92. The third-order valence-electron chi connectivity index (χ3n) is 7.17. The van der Waals surface area contributed by atoms with Crippen molar-refractivity contribution in [3.63, 3.8) is 0 Å². The number of carbonyl (C=O) groups is 1. The largest absolute Gasteiger partial charge is 0.416 e. The lowest BCUT2D eigenvalue weighted by atomic mass is 9.99. The van der Waals surface area contributed by atoms with E-state index in [1.54, 1.807) is 12.3 Å². The molecule has 1 amide bonds. The van der Waals surface area contributed by atoms with Gasteiger partial charge in [0.15, 0.2) is 6.21 Å². The van der Waals surface area contributed by atoms with Gasteiger partial charge in [-0.15, -0.1) is 0 Å². The maximum atomic E-state index is 14.0. The average molecular weight is 589 g/mol. The van der Waals surface area contributed by atoms with Crippen LogP contribution in [0.25, 0.3) is 0 Å². The SMILES string of the molecule is CC=CCc1ncc(C(=O)Nc2ccc(CCCCCN(C)CCC)c(C(F)(F)F)c2)cc1C#CC1=[N+]2C=CC=C2N=C1. The van der Waals surface area contributed by atoms with Gasteiger partial charge in [0.25, 0.3) is 5.91 Å². The maximum absolute atomic E-state index is 14.0. The van der Waals surface area contributed by atoms with Crippen LogP contribution in [0.2, 0.25) is 0 Å². The maximum Gasteiger partial charge on any atom is 0.416 e. The Labute approximate surface area is 251 Å². The van der Waals surface area contributed by atoms with E-state index in [4.69, 9.17) is 0 Å². The molecule has 2 aliphatic heterocycles. The Hall–Kier alpha value is -4.29. The molecule has 1 aromatic heterocycles. The van der Waals surface area contributed by atoms with Gasteiger partial charge in [-0.05, 0) is 93.5 Å². The number of rotatable bonds is 12. The number of hydrogen-bond donors (Lipinski definition) is 1. The lowest BCUT2D eigenvalue weighted by Crippen LogP contribution is -2.20. The van der Waals surface area contributed by atoms with Gasteiger partial charge in [0.05, 0.1) is 23.0 Å². The summed E-state index contributed by atoms with van der Waals surface area (Å²) in [6.07, 6.45) is 12.4. The number of hydrogen-bond acceptors (Lipinski definition) is 4. The summed E-state index contributed by atoms with van der Waals surface area (Å²) in [5.74, 6) is 6.42. The van der Waals surface area contributed by atoms with Crippen LogP contribution in [0.4, 0.5) is 18.9 Å². The minimum atomic E-state index is -4.53. The Morgan fingerprint density at radius 3 is 2.74 bits per heavy atom. The molecule has 4 rings (SSSR count). The zero-order valence-electron chi connectivity index (χ0n) is 24.8. The van der Waals surface area contributed by atoms with Gasteiger partial charge in [0, 0.05) is 29.9 Å². The molecule has 9 heteroatoms. The van der Waals surface area contributed by atoms with Crippen molar-refractivity contribution < 1.29 is 22.5 Å². The first kappa shape index (κ1) is 31.6. The predicted octanol–water partition coefficient (Wildman–Crippen LogP) is 6.78. The summed E-state index contributed by atoms with van der Waals surface area (Å²) in [5, 5.41) is 2.62. The second-order valence-corrected chi connectivity index (χ2v) is 10.6. The van der Waals surface area contributed by atoms with Crippen LogP contribution in [0.3, 0.4) is 0 Å². The van der Waals surface area contributed by atoms with Gasteiger partial charge in [0.1, 0.15) is 0 Å². The Morgan fingerprint density at radius 1 is 1.14 bits per heavy atom. The van der Waals surface area contributed by atoms with Gasteiger partial charge >= 0.3 is 12.0 Å². The Kier molecular flexibility index (Phi) is 10.8. The van der Waals surface area contributed by atoms with Crippen molar-refractivity contribution >= 4 is 23.5 Å². The van der Waals surface area contributed by atoms with Crippen LogP contribution >= 0.6 is 0 Å². The van der Waals surface area contributed by atoms with Crippen LogP contribution in [0.1, 0.15) is 72.3 Å². The topological polar surface area (TPSA) is 60.6 Å². The van der Waals surface area contributed by atoms with Crippen molar-refractivity contribution in [3.05, 3.63) is 94.7 Å². The molecular weight excluding hydrogens is 551 g/mol. The average Bonchev–Trinajstić information content (AvgIpc) is 3.60. The fourth-order valence-corrected chi connectivity index (χ4v) is 4.92. The van der Waals surface area contributed by atoms with Crippen LogP contribution in [-0.2, 0) is 19.0 Å². The molecule has 0 fully saturated rings. The van der Waals surface area contributed by atoms with Crippen molar-refractivity contribution in [1.82, 2.24) is 9.88 Å². The van der Waals surface area contributed by atoms with E-state index >= 15 is 0 Å². The molecule has 224 valence electrons. The van der Waals surface area contributed by atoms with Gasteiger partial charge in [0.2, 0.25) is 5.71 Å². The van der Waals surface area contributed by atoms with Crippen LogP contribution in [0, 0.1) is 11.8 Å². The standard InChI is InChI=1S/C34H36F3N5O/c1-4-6-12-31-26(15-17-29-24-39-32-13-10-20-42(29)32)21-27(23-38-31)33(43)40-28-16-14-25(30(22-28)34(35,36)37)11-8-7-9-19-41(3)18-5-2/h4,6,10,13-14,16,20-24H,5,7-9,11-12,18-19H2,1-3H3/p+1. The van der Waals surface area contributed by atoms with Crippen molar-refractivity contribution in [1.29, 1.82) is 0 Å². The lowest BCUT2D eigenvalue weighted by Gasteiger charge is -2.16. The number of alkyl halides is 3. The molecule has 1 N–H and O–H groups in total. The molecule has 0 unspecified atom stereocenters. The van der Waals surface area contributed by atoms with Gasteiger partial charge < -0.3 is 10.2 Å². The first-order valence-electron chi connectivity index (χ1n) is 14.6. The number of anilines is 1. The van der Waals surface area contributed by atoms with E-state index in [0.717, 1.165) is 44.2 Å². The minimum absolute atomic E-state index is 0.0748. The fraction of sp³-hybridized carbons (Fsp3) is 0.353. The molecule has 0 bridgehead atoms. The Balaban J connectivity index is 1.49. The molecule has 2 aliphatic rings. The highest BCUT2D eigenvalue weighted by atomic mass is 19.4. The molecule has 0 atom stereocenters. The number of nitrogens with zero attached hydrogens (tertiary/aromatic N) is 4. The number of aryl methyl sites for hydroxylation is 1. The highest BCUT2D eigenvalue weighted by molar-refractivity contribution is 6.37. The van der Waals surface area contributed by atoms with Gasteiger partial charge in [-0.2, -0.15) is 17.7 Å². The van der Waals surface area contributed by atoms with Crippen molar-refractivity contribution in [3.8, 4) is 11.8 Å². The molecule has 0 saturated heterocycles. The van der Waals surface area contributed by atoms with Crippen LogP contribution in [0.15, 0.2) is 71.8 Å². The second-order valence-electron chi connectivity index (χ2n) is 10.6. The van der Waals surface area contributed by atoms with Crippen LogP contribution < -0.4 is 5.32 Å². The third-order valence-corrected chi connectivity index (χ3v) is 7.17. The minimum Gasteiger partial charge on any atom is -0.322 e. The molecule has 6 nitrogen and oxygen atoms in total. The number of carbonyl (C=O) groups excluding carboxylic acids is 1. The summed E-state index contributed by atoms with van der Waals surface area (Å²) < 4.78 is 43.8. The van der Waals surface area contributed by atoms with Crippen molar-refractivity contribution in [2.45, 2.75) is 58.5 Å². The zero-order valence-corrected chi connectivity index (χ0v) is 24.8. The number of aromatic nitrogens is 1.